The summed E-state index contributed by atoms with van der Waals surface area (Å²) >= 11 is 0. The third-order valence-corrected chi connectivity index (χ3v) is 2.28. The summed E-state index contributed by atoms with van der Waals surface area (Å²) in [7, 11) is 0. The Morgan fingerprint density at radius 3 is 2.67 bits per heavy atom. The van der Waals surface area contributed by atoms with Crippen LogP contribution in [-0.2, 0) is 4.79 Å². The van der Waals surface area contributed by atoms with Crippen LogP contribution in [-0.4, -0.2) is 12.1 Å². The Morgan fingerprint density at radius 2 is 2.11 bits per heavy atom. The first-order chi connectivity index (χ1) is 8.31. The first-order valence-corrected chi connectivity index (χ1v) is 5.19. The molecule has 1 N–H and O–H groups in total. The Morgan fingerprint density at radius 1 is 1.44 bits per heavy atom. The van der Waals surface area contributed by atoms with Crippen molar-refractivity contribution < 1.29 is 18.0 Å². The highest BCUT2D eigenvalue weighted by Gasteiger charge is 2.27. The summed E-state index contributed by atoms with van der Waals surface area (Å²) in [5.74, 6) is -0.717. The van der Waals surface area contributed by atoms with E-state index in [1.807, 2.05) is 6.07 Å². The van der Waals surface area contributed by atoms with Crippen LogP contribution in [0.5, 0.6) is 0 Å². The molecule has 0 bridgehead atoms. The van der Waals surface area contributed by atoms with Crippen molar-refractivity contribution in [3.05, 3.63) is 29.3 Å². The number of nitrogens with one attached hydrogen (secondary N) is 1. The molecular weight excluding hydrogens is 245 g/mol. The van der Waals surface area contributed by atoms with Crippen molar-refractivity contribution in [1.29, 1.82) is 5.26 Å². The minimum Gasteiger partial charge on any atom is -0.326 e. The molecule has 6 heteroatoms. The van der Waals surface area contributed by atoms with Gasteiger partial charge in [0.25, 0.3) is 0 Å². The molecule has 0 saturated heterocycles. The van der Waals surface area contributed by atoms with Crippen molar-refractivity contribution in [2.45, 2.75) is 25.9 Å². The average molecular weight is 256 g/mol. The van der Waals surface area contributed by atoms with Crippen LogP contribution in [0.2, 0.25) is 0 Å². The SMILES string of the molecule is Cc1ccc(C#N)cc1NC(=O)CCC(F)(F)F. The molecule has 0 aliphatic heterocycles. The zero-order valence-electron chi connectivity index (χ0n) is 9.64. The lowest BCUT2D eigenvalue weighted by molar-refractivity contribution is -0.142. The normalized spacial score (nSPS) is 10.8. The maximum atomic E-state index is 11.9. The van der Waals surface area contributed by atoms with Crippen molar-refractivity contribution in [3.8, 4) is 6.07 Å². The summed E-state index contributed by atoms with van der Waals surface area (Å²) in [6.07, 6.45) is -6.13. The van der Waals surface area contributed by atoms with Crippen LogP contribution < -0.4 is 5.32 Å². The van der Waals surface area contributed by atoms with Crippen molar-refractivity contribution in [2.24, 2.45) is 0 Å². The van der Waals surface area contributed by atoms with Gasteiger partial charge in [-0.2, -0.15) is 18.4 Å². The van der Waals surface area contributed by atoms with Gasteiger partial charge < -0.3 is 5.32 Å². The van der Waals surface area contributed by atoms with Gasteiger partial charge in [-0.3, -0.25) is 4.79 Å². The third kappa shape index (κ3) is 4.45. The molecule has 0 radical (unpaired) electrons. The number of rotatable bonds is 3. The molecule has 1 rings (SSSR count). The van der Waals surface area contributed by atoms with Crippen molar-refractivity contribution in [1.82, 2.24) is 0 Å². The molecule has 18 heavy (non-hydrogen) atoms. The first-order valence-electron chi connectivity index (χ1n) is 5.19. The fourth-order valence-corrected chi connectivity index (χ4v) is 1.29. The van der Waals surface area contributed by atoms with Gasteiger partial charge in [0, 0.05) is 12.1 Å². The standard InChI is InChI=1S/C12H11F3N2O/c1-8-2-3-9(7-16)6-10(8)17-11(18)4-5-12(13,14)15/h2-3,6H,4-5H2,1H3,(H,17,18). The highest BCUT2D eigenvalue weighted by Crippen LogP contribution is 2.22. The number of anilines is 1. The number of hydrogen-bond donors (Lipinski definition) is 1. The molecule has 96 valence electrons. The Kier molecular flexibility index (Phi) is 4.32. The molecule has 0 spiro atoms. The Hall–Kier alpha value is -2.03. The van der Waals surface area contributed by atoms with Gasteiger partial charge in [0.05, 0.1) is 18.1 Å². The number of benzene rings is 1. The summed E-state index contributed by atoms with van der Waals surface area (Å²) < 4.78 is 35.8. The van der Waals surface area contributed by atoms with Gasteiger partial charge >= 0.3 is 6.18 Å². The van der Waals surface area contributed by atoms with E-state index >= 15 is 0 Å². The second-order valence-electron chi connectivity index (χ2n) is 3.80. The predicted octanol–water partition coefficient (Wildman–Crippen LogP) is 3.15. The third-order valence-electron chi connectivity index (χ3n) is 2.28. The predicted molar refractivity (Wildman–Crippen MR) is 59.8 cm³/mol. The van der Waals surface area contributed by atoms with Gasteiger partial charge in [0.2, 0.25) is 5.91 Å². The van der Waals surface area contributed by atoms with Crippen LogP contribution in [0.15, 0.2) is 18.2 Å². The molecule has 0 aromatic heterocycles. The van der Waals surface area contributed by atoms with Crippen LogP contribution in [0.25, 0.3) is 0 Å². The van der Waals surface area contributed by atoms with Gasteiger partial charge in [0.15, 0.2) is 0 Å². The monoisotopic (exact) mass is 256 g/mol. The maximum Gasteiger partial charge on any atom is 0.389 e. The molecule has 0 unspecified atom stereocenters. The Labute approximate surface area is 102 Å². The van der Waals surface area contributed by atoms with E-state index in [-0.39, 0.29) is 0 Å². The van der Waals surface area contributed by atoms with Crippen LogP contribution in [0.1, 0.15) is 24.0 Å². The number of carbonyl (C=O) groups excluding carboxylic acids is 1. The second kappa shape index (κ2) is 5.54. The zero-order chi connectivity index (χ0) is 13.8. The maximum absolute atomic E-state index is 11.9. The quantitative estimate of drug-likeness (QED) is 0.903. The largest absolute Gasteiger partial charge is 0.389 e. The summed E-state index contributed by atoms with van der Waals surface area (Å²) in [5, 5.41) is 11.1. The van der Waals surface area contributed by atoms with Crippen LogP contribution >= 0.6 is 0 Å². The molecular formula is C12H11F3N2O. The highest BCUT2D eigenvalue weighted by molar-refractivity contribution is 5.91. The van der Waals surface area contributed by atoms with E-state index in [1.165, 1.54) is 6.07 Å². The summed E-state index contributed by atoms with van der Waals surface area (Å²) in [5.41, 5.74) is 1.39. The zero-order valence-corrected chi connectivity index (χ0v) is 9.64. The number of halogens is 3. The minimum absolute atomic E-state index is 0.340. The minimum atomic E-state index is -4.35. The number of alkyl halides is 3. The van der Waals surface area contributed by atoms with E-state index in [0.717, 1.165) is 0 Å². The van der Waals surface area contributed by atoms with Gasteiger partial charge in [-0.05, 0) is 24.6 Å². The molecule has 0 aliphatic rings. The first kappa shape index (κ1) is 14.0. The van der Waals surface area contributed by atoms with E-state index in [4.69, 9.17) is 5.26 Å². The Balaban J connectivity index is 2.68. The number of hydrogen-bond acceptors (Lipinski definition) is 2. The summed E-state index contributed by atoms with van der Waals surface area (Å²) in [6, 6.07) is 6.52. The lowest BCUT2D eigenvalue weighted by Crippen LogP contribution is -2.17. The molecule has 3 nitrogen and oxygen atoms in total. The smallest absolute Gasteiger partial charge is 0.326 e. The fraction of sp³-hybridized carbons (Fsp3) is 0.333. The second-order valence-corrected chi connectivity index (χ2v) is 3.80. The van der Waals surface area contributed by atoms with Crippen LogP contribution in [0, 0.1) is 18.3 Å². The molecule has 0 atom stereocenters. The number of nitrogens with zero attached hydrogens (tertiary/aromatic N) is 1. The average Bonchev–Trinajstić information content (AvgIpc) is 2.28. The van der Waals surface area contributed by atoms with Crippen molar-refractivity contribution in [3.63, 3.8) is 0 Å². The molecule has 0 aliphatic carbocycles. The van der Waals surface area contributed by atoms with Gasteiger partial charge in [-0.15, -0.1) is 0 Å². The molecule has 1 amide bonds. The van der Waals surface area contributed by atoms with E-state index in [2.05, 4.69) is 5.32 Å². The summed E-state index contributed by atoms with van der Waals surface area (Å²) in [6.45, 7) is 1.69. The molecule has 0 heterocycles. The van der Waals surface area contributed by atoms with Crippen LogP contribution in [0.3, 0.4) is 0 Å². The number of aryl methyl sites for hydroxylation is 1. The molecule has 1 aromatic rings. The lowest BCUT2D eigenvalue weighted by atomic mass is 10.1. The molecule has 0 saturated carbocycles. The van der Waals surface area contributed by atoms with Gasteiger partial charge in [-0.25, -0.2) is 0 Å². The molecule has 1 aromatic carbocycles. The number of nitriles is 1. The van der Waals surface area contributed by atoms with Crippen LogP contribution in [0.4, 0.5) is 18.9 Å². The molecule has 0 fully saturated rings. The fourth-order valence-electron chi connectivity index (χ4n) is 1.29. The van der Waals surface area contributed by atoms with E-state index < -0.39 is 24.9 Å². The lowest BCUT2D eigenvalue weighted by Gasteiger charge is -2.09. The van der Waals surface area contributed by atoms with E-state index in [9.17, 15) is 18.0 Å². The van der Waals surface area contributed by atoms with Crippen molar-refractivity contribution in [2.75, 3.05) is 5.32 Å². The van der Waals surface area contributed by atoms with Gasteiger partial charge in [-0.1, -0.05) is 6.07 Å². The van der Waals surface area contributed by atoms with Crippen molar-refractivity contribution >= 4 is 11.6 Å². The number of carbonyl (C=O) groups is 1. The van der Waals surface area contributed by atoms with Gasteiger partial charge in [0.1, 0.15) is 0 Å². The highest BCUT2D eigenvalue weighted by atomic mass is 19.4. The number of amides is 1. The van der Waals surface area contributed by atoms with E-state index in [0.29, 0.717) is 16.8 Å². The Bertz CT molecular complexity index is 489. The topological polar surface area (TPSA) is 52.9 Å². The van der Waals surface area contributed by atoms with E-state index in [1.54, 1.807) is 19.1 Å². The summed E-state index contributed by atoms with van der Waals surface area (Å²) in [4.78, 5) is 11.3.